The Balaban J connectivity index is 0.000000336. The minimum Gasteiger partial charge on any atom is -0.380 e. The Morgan fingerprint density at radius 3 is 2.58 bits per heavy atom. The van der Waals surface area contributed by atoms with Crippen molar-refractivity contribution in [2.24, 2.45) is 0 Å². The van der Waals surface area contributed by atoms with Gasteiger partial charge in [0.1, 0.15) is 0 Å². The first-order chi connectivity index (χ1) is 5.88. The van der Waals surface area contributed by atoms with E-state index >= 15 is 0 Å². The summed E-state index contributed by atoms with van der Waals surface area (Å²) in [6.45, 7) is 4.00. The van der Waals surface area contributed by atoms with Crippen LogP contribution < -0.4 is 5.73 Å². The molecule has 0 aliphatic rings. The highest BCUT2D eigenvalue weighted by Gasteiger charge is 2.00. The van der Waals surface area contributed by atoms with Crippen LogP contribution in [0.3, 0.4) is 0 Å². The van der Waals surface area contributed by atoms with Crippen LogP contribution >= 0.6 is 0 Å². The van der Waals surface area contributed by atoms with Crippen molar-refractivity contribution in [3.63, 3.8) is 0 Å². The third-order valence-corrected chi connectivity index (χ3v) is 1.41. The van der Waals surface area contributed by atoms with Crippen molar-refractivity contribution in [1.82, 2.24) is 5.16 Å². The molecule has 0 atom stereocenters. The molecule has 2 rings (SSSR count). The van der Waals surface area contributed by atoms with Gasteiger partial charge in [0.25, 0.3) is 0 Å². The van der Waals surface area contributed by atoms with E-state index in [1.807, 2.05) is 38.1 Å². The molecule has 1 heterocycles. The van der Waals surface area contributed by atoms with Crippen LogP contribution in [0.25, 0.3) is 11.0 Å². The molecular weight excluding hydrogens is 152 g/mol. The zero-order valence-corrected chi connectivity index (χ0v) is 7.24. The van der Waals surface area contributed by atoms with Crippen molar-refractivity contribution in [1.29, 1.82) is 0 Å². The van der Waals surface area contributed by atoms with Gasteiger partial charge in [-0.25, -0.2) is 0 Å². The molecule has 0 spiro atoms. The van der Waals surface area contributed by atoms with E-state index in [1.165, 1.54) is 0 Å². The lowest BCUT2D eigenvalue weighted by atomic mass is 10.2. The fourth-order valence-electron chi connectivity index (χ4n) is 0.905. The lowest BCUT2D eigenvalue weighted by Gasteiger charge is -1.82. The van der Waals surface area contributed by atoms with E-state index < -0.39 is 0 Å². The van der Waals surface area contributed by atoms with Crippen molar-refractivity contribution < 1.29 is 4.52 Å². The summed E-state index contributed by atoms with van der Waals surface area (Å²) in [5, 5.41) is 4.48. The van der Waals surface area contributed by atoms with Crippen molar-refractivity contribution in [2.45, 2.75) is 13.8 Å². The number of rotatable bonds is 0. The number of hydrogen-bond acceptors (Lipinski definition) is 3. The Morgan fingerprint density at radius 1 is 1.25 bits per heavy atom. The number of nitrogens with two attached hydrogens (primary N) is 1. The van der Waals surface area contributed by atoms with Crippen LogP contribution in [-0.2, 0) is 0 Å². The van der Waals surface area contributed by atoms with Crippen molar-refractivity contribution in [3.8, 4) is 0 Å². The Kier molecular flexibility index (Phi) is 2.69. The van der Waals surface area contributed by atoms with Gasteiger partial charge in [0.15, 0.2) is 11.4 Å². The molecule has 1 aromatic heterocycles. The van der Waals surface area contributed by atoms with Crippen LogP contribution in [-0.4, -0.2) is 5.16 Å². The lowest BCUT2D eigenvalue weighted by Crippen LogP contribution is -1.82. The van der Waals surface area contributed by atoms with Gasteiger partial charge in [-0.1, -0.05) is 31.1 Å². The molecule has 3 heteroatoms. The highest BCUT2D eigenvalue weighted by Crippen LogP contribution is 2.18. The number of hydrogen-bond donors (Lipinski definition) is 1. The second kappa shape index (κ2) is 3.76. The first-order valence-electron chi connectivity index (χ1n) is 3.98. The summed E-state index contributed by atoms with van der Waals surface area (Å²) in [5.74, 6) is 0.454. The van der Waals surface area contributed by atoms with Gasteiger partial charge < -0.3 is 10.3 Å². The van der Waals surface area contributed by atoms with Gasteiger partial charge >= 0.3 is 0 Å². The third kappa shape index (κ3) is 1.39. The van der Waals surface area contributed by atoms with Crippen molar-refractivity contribution in [2.75, 3.05) is 5.73 Å². The minimum absolute atomic E-state index is 0.454. The summed E-state index contributed by atoms with van der Waals surface area (Å²) >= 11 is 0. The van der Waals surface area contributed by atoms with Crippen LogP contribution in [0.15, 0.2) is 28.8 Å². The molecule has 0 aliphatic carbocycles. The fraction of sp³-hybridized carbons (Fsp3) is 0.222. The predicted octanol–water partition coefficient (Wildman–Crippen LogP) is 2.44. The first kappa shape index (κ1) is 8.59. The molecule has 0 saturated heterocycles. The summed E-state index contributed by atoms with van der Waals surface area (Å²) in [7, 11) is 0. The molecule has 0 fully saturated rings. The smallest absolute Gasteiger partial charge is 0.174 e. The summed E-state index contributed by atoms with van der Waals surface area (Å²) in [6, 6.07) is 7.49. The predicted molar refractivity (Wildman–Crippen MR) is 49.8 cm³/mol. The summed E-state index contributed by atoms with van der Waals surface area (Å²) < 4.78 is 4.87. The quantitative estimate of drug-likeness (QED) is 0.650. The number of anilines is 1. The van der Waals surface area contributed by atoms with Gasteiger partial charge in [0.2, 0.25) is 0 Å². The number of nitrogen functional groups attached to an aromatic ring is 1. The molecule has 0 radical (unpaired) electrons. The van der Waals surface area contributed by atoms with E-state index in [1.54, 1.807) is 0 Å². The largest absolute Gasteiger partial charge is 0.380 e. The first-order valence-corrected chi connectivity index (χ1v) is 3.98. The van der Waals surface area contributed by atoms with Crippen LogP contribution in [0.2, 0.25) is 0 Å². The highest BCUT2D eigenvalue weighted by molar-refractivity contribution is 5.86. The van der Waals surface area contributed by atoms with Crippen molar-refractivity contribution in [3.05, 3.63) is 24.3 Å². The van der Waals surface area contributed by atoms with Crippen LogP contribution in [0.1, 0.15) is 13.8 Å². The summed E-state index contributed by atoms with van der Waals surface area (Å²) in [5.41, 5.74) is 6.21. The maximum atomic E-state index is 5.47. The molecule has 64 valence electrons. The maximum Gasteiger partial charge on any atom is 0.174 e. The van der Waals surface area contributed by atoms with Crippen LogP contribution in [0.5, 0.6) is 0 Å². The van der Waals surface area contributed by atoms with Crippen LogP contribution in [0.4, 0.5) is 5.82 Å². The molecule has 12 heavy (non-hydrogen) atoms. The molecule has 0 unspecified atom stereocenters. The monoisotopic (exact) mass is 164 g/mol. The average Bonchev–Trinajstić information content (AvgIpc) is 2.53. The molecule has 2 aromatic rings. The fourth-order valence-corrected chi connectivity index (χ4v) is 0.905. The van der Waals surface area contributed by atoms with E-state index in [2.05, 4.69) is 5.16 Å². The third-order valence-electron chi connectivity index (χ3n) is 1.41. The molecule has 0 saturated carbocycles. The number of para-hydroxylation sites is 1. The van der Waals surface area contributed by atoms with Crippen LogP contribution in [0, 0.1) is 0 Å². The normalized spacial score (nSPS) is 9.17. The van der Waals surface area contributed by atoms with Gasteiger partial charge in [-0.05, 0) is 12.1 Å². The molecule has 1 aromatic carbocycles. The Bertz CT molecular complexity index is 354. The maximum absolute atomic E-state index is 5.47. The minimum atomic E-state index is 0.454. The average molecular weight is 164 g/mol. The highest BCUT2D eigenvalue weighted by atomic mass is 16.5. The standard InChI is InChI=1S/C7H6N2O.C2H6/c8-7-5-3-1-2-4-6(5)10-9-7;1-2/h1-4H,(H2,8,9);1-2H3. The SMILES string of the molecule is CC.Nc1noc2ccccc12. The van der Waals surface area contributed by atoms with Gasteiger partial charge in [0.05, 0.1) is 5.39 Å². The number of fused-ring (bicyclic) bond motifs is 1. The van der Waals surface area contributed by atoms with Gasteiger partial charge in [0, 0.05) is 0 Å². The molecule has 3 nitrogen and oxygen atoms in total. The van der Waals surface area contributed by atoms with E-state index in [4.69, 9.17) is 10.3 Å². The second-order valence-corrected chi connectivity index (χ2v) is 2.06. The van der Waals surface area contributed by atoms with Gasteiger partial charge in [-0.3, -0.25) is 0 Å². The van der Waals surface area contributed by atoms with E-state index in [9.17, 15) is 0 Å². The zero-order valence-electron chi connectivity index (χ0n) is 7.24. The van der Waals surface area contributed by atoms with Crippen molar-refractivity contribution >= 4 is 16.8 Å². The summed E-state index contributed by atoms with van der Waals surface area (Å²) in [6.07, 6.45) is 0. The van der Waals surface area contributed by atoms with E-state index in [0.717, 1.165) is 11.0 Å². The summed E-state index contributed by atoms with van der Waals surface area (Å²) in [4.78, 5) is 0. The second-order valence-electron chi connectivity index (χ2n) is 2.06. The molecular formula is C9H12N2O. The number of benzene rings is 1. The van der Waals surface area contributed by atoms with E-state index in [-0.39, 0.29) is 0 Å². The number of nitrogens with zero attached hydrogens (tertiary/aromatic N) is 1. The Morgan fingerprint density at radius 2 is 1.92 bits per heavy atom. The zero-order chi connectivity index (χ0) is 8.97. The molecule has 0 bridgehead atoms. The number of aromatic nitrogens is 1. The van der Waals surface area contributed by atoms with Gasteiger partial charge in [-0.2, -0.15) is 0 Å². The molecule has 2 N–H and O–H groups in total. The van der Waals surface area contributed by atoms with E-state index in [0.29, 0.717) is 5.82 Å². The topological polar surface area (TPSA) is 52.0 Å². The Labute approximate surface area is 71.2 Å². The Hall–Kier alpha value is -1.51. The van der Waals surface area contributed by atoms with Gasteiger partial charge in [-0.15, -0.1) is 0 Å². The lowest BCUT2D eigenvalue weighted by molar-refractivity contribution is 0.460. The molecule has 0 aliphatic heterocycles. The molecule has 0 amide bonds.